The quantitative estimate of drug-likeness (QED) is 0.782. The number of likely N-dealkylation sites (N-methyl/N-ethyl adjacent to an activating group) is 1. The minimum Gasteiger partial charge on any atom is -0.381 e. The molecule has 0 aromatic rings. The summed E-state index contributed by atoms with van der Waals surface area (Å²) in [7, 11) is 4.45. The number of likely N-dealkylation sites (tertiary alicyclic amines) is 1. The van der Waals surface area contributed by atoms with E-state index in [0.717, 1.165) is 38.6 Å². The summed E-state index contributed by atoms with van der Waals surface area (Å²) in [6, 6.07) is 0. The van der Waals surface area contributed by atoms with Crippen LogP contribution in [0.1, 0.15) is 19.8 Å². The summed E-state index contributed by atoms with van der Waals surface area (Å²) in [5.74, 6) is 1.39. The van der Waals surface area contributed by atoms with E-state index in [4.69, 9.17) is 10.5 Å². The summed E-state index contributed by atoms with van der Waals surface area (Å²) in [4.78, 5) is 4.92. The summed E-state index contributed by atoms with van der Waals surface area (Å²) in [6.45, 7) is 8.44. The molecule has 2 rings (SSSR count). The van der Waals surface area contributed by atoms with Gasteiger partial charge in [0.25, 0.3) is 0 Å². The van der Waals surface area contributed by atoms with Crippen LogP contribution >= 0.6 is 0 Å². The molecule has 0 radical (unpaired) electrons. The van der Waals surface area contributed by atoms with Crippen molar-refractivity contribution in [3.05, 3.63) is 0 Å². The van der Waals surface area contributed by atoms with Gasteiger partial charge < -0.3 is 15.4 Å². The molecule has 2 saturated heterocycles. The van der Waals surface area contributed by atoms with Crippen molar-refractivity contribution < 1.29 is 4.74 Å². The number of rotatable bonds is 5. The number of nitrogens with two attached hydrogens (primary N) is 1. The molecule has 3 atom stereocenters. The van der Waals surface area contributed by atoms with Crippen LogP contribution in [0.25, 0.3) is 0 Å². The van der Waals surface area contributed by atoms with E-state index in [1.165, 1.54) is 19.5 Å². The first kappa shape index (κ1) is 14.3. The van der Waals surface area contributed by atoms with E-state index in [1.54, 1.807) is 0 Å². The van der Waals surface area contributed by atoms with Gasteiger partial charge in [0.15, 0.2) is 0 Å². The molecule has 2 heterocycles. The summed E-state index contributed by atoms with van der Waals surface area (Å²) in [5, 5.41) is 0. The lowest BCUT2D eigenvalue weighted by Gasteiger charge is -2.43. The predicted molar refractivity (Wildman–Crippen MR) is 74.6 cm³/mol. The Morgan fingerprint density at radius 2 is 2.22 bits per heavy atom. The van der Waals surface area contributed by atoms with Crippen LogP contribution in [0.3, 0.4) is 0 Å². The van der Waals surface area contributed by atoms with E-state index >= 15 is 0 Å². The van der Waals surface area contributed by atoms with E-state index in [1.807, 2.05) is 0 Å². The van der Waals surface area contributed by atoms with Gasteiger partial charge in [-0.2, -0.15) is 0 Å². The Balaban J connectivity index is 1.93. The fourth-order valence-electron chi connectivity index (χ4n) is 3.43. The lowest BCUT2D eigenvalue weighted by Crippen LogP contribution is -2.56. The minimum absolute atomic E-state index is 0.0949. The van der Waals surface area contributed by atoms with Crippen LogP contribution < -0.4 is 5.73 Å². The van der Waals surface area contributed by atoms with E-state index in [9.17, 15) is 0 Å². The molecule has 0 spiro atoms. The SMILES string of the molecule is CN1CCC(CN(C)C(C)(CN)C2CCOC2)C1. The molecule has 106 valence electrons. The van der Waals surface area contributed by atoms with Gasteiger partial charge in [-0.1, -0.05) is 0 Å². The number of hydrogen-bond acceptors (Lipinski definition) is 4. The van der Waals surface area contributed by atoms with Gasteiger partial charge in [0.1, 0.15) is 0 Å². The standard InChI is InChI=1S/C14H29N3O/c1-14(11-15,13-5-7-18-10-13)17(3)9-12-4-6-16(2)8-12/h12-13H,4-11,15H2,1-3H3. The first-order chi connectivity index (χ1) is 8.56. The lowest BCUT2D eigenvalue weighted by molar-refractivity contribution is 0.0555. The Morgan fingerprint density at radius 3 is 2.72 bits per heavy atom. The lowest BCUT2D eigenvalue weighted by atomic mass is 9.83. The van der Waals surface area contributed by atoms with E-state index in [2.05, 4.69) is 30.8 Å². The molecule has 18 heavy (non-hydrogen) atoms. The fourth-order valence-corrected chi connectivity index (χ4v) is 3.43. The van der Waals surface area contributed by atoms with Crippen molar-refractivity contribution in [1.82, 2.24) is 9.80 Å². The van der Waals surface area contributed by atoms with Crippen molar-refractivity contribution in [3.63, 3.8) is 0 Å². The Bertz CT molecular complexity index is 268. The van der Waals surface area contributed by atoms with Gasteiger partial charge in [0.05, 0.1) is 6.61 Å². The number of ether oxygens (including phenoxy) is 1. The van der Waals surface area contributed by atoms with Crippen LogP contribution in [0.2, 0.25) is 0 Å². The topological polar surface area (TPSA) is 41.7 Å². The third-order valence-electron chi connectivity index (χ3n) is 5.12. The second kappa shape index (κ2) is 5.87. The molecule has 2 fully saturated rings. The molecular formula is C14H29N3O. The van der Waals surface area contributed by atoms with Crippen molar-refractivity contribution in [2.45, 2.75) is 25.3 Å². The van der Waals surface area contributed by atoms with Gasteiger partial charge >= 0.3 is 0 Å². The van der Waals surface area contributed by atoms with Crippen molar-refractivity contribution in [3.8, 4) is 0 Å². The third kappa shape index (κ3) is 2.87. The smallest absolute Gasteiger partial charge is 0.0513 e. The highest BCUT2D eigenvalue weighted by Crippen LogP contribution is 2.31. The van der Waals surface area contributed by atoms with Crippen molar-refractivity contribution in [1.29, 1.82) is 0 Å². The van der Waals surface area contributed by atoms with Crippen molar-refractivity contribution >= 4 is 0 Å². The highest BCUT2D eigenvalue weighted by atomic mass is 16.5. The average Bonchev–Trinajstić information content (AvgIpc) is 2.99. The van der Waals surface area contributed by atoms with Crippen LogP contribution in [-0.4, -0.2) is 68.8 Å². The molecule has 4 heteroatoms. The Morgan fingerprint density at radius 1 is 1.44 bits per heavy atom. The monoisotopic (exact) mass is 255 g/mol. The molecule has 0 aromatic carbocycles. The van der Waals surface area contributed by atoms with Crippen LogP contribution in [0.5, 0.6) is 0 Å². The zero-order valence-electron chi connectivity index (χ0n) is 12.2. The molecule has 2 N–H and O–H groups in total. The number of hydrogen-bond donors (Lipinski definition) is 1. The van der Waals surface area contributed by atoms with Crippen molar-refractivity contribution in [2.24, 2.45) is 17.6 Å². The average molecular weight is 255 g/mol. The molecule has 2 aliphatic rings. The van der Waals surface area contributed by atoms with Gasteiger partial charge in [-0.15, -0.1) is 0 Å². The summed E-state index contributed by atoms with van der Waals surface area (Å²) >= 11 is 0. The van der Waals surface area contributed by atoms with Crippen LogP contribution in [0.4, 0.5) is 0 Å². The summed E-state index contributed by atoms with van der Waals surface area (Å²) in [6.07, 6.45) is 2.48. The van der Waals surface area contributed by atoms with Crippen LogP contribution in [-0.2, 0) is 4.74 Å². The normalized spacial score (nSPS) is 33.2. The minimum atomic E-state index is 0.0949. The highest BCUT2D eigenvalue weighted by molar-refractivity contribution is 4.95. The second-order valence-corrected chi connectivity index (χ2v) is 6.42. The Hall–Kier alpha value is -0.160. The van der Waals surface area contributed by atoms with Gasteiger partial charge in [-0.3, -0.25) is 4.90 Å². The van der Waals surface area contributed by atoms with E-state index < -0.39 is 0 Å². The summed E-state index contributed by atoms with van der Waals surface area (Å²) < 4.78 is 5.55. The Kier molecular flexibility index (Phi) is 4.64. The molecule has 0 aromatic heterocycles. The van der Waals surface area contributed by atoms with Gasteiger partial charge in [0, 0.05) is 37.7 Å². The molecule has 0 aliphatic carbocycles. The largest absolute Gasteiger partial charge is 0.381 e. The second-order valence-electron chi connectivity index (χ2n) is 6.42. The van der Waals surface area contributed by atoms with Gasteiger partial charge in [-0.25, -0.2) is 0 Å². The van der Waals surface area contributed by atoms with Crippen molar-refractivity contribution in [2.75, 3.05) is 53.5 Å². The molecule has 2 aliphatic heterocycles. The summed E-state index contributed by atoms with van der Waals surface area (Å²) in [5.41, 5.74) is 6.18. The van der Waals surface area contributed by atoms with Crippen LogP contribution in [0, 0.1) is 11.8 Å². The molecule has 0 bridgehead atoms. The highest BCUT2D eigenvalue weighted by Gasteiger charge is 2.39. The zero-order chi connectivity index (χ0) is 13.2. The maximum absolute atomic E-state index is 6.08. The van der Waals surface area contributed by atoms with Gasteiger partial charge in [0.2, 0.25) is 0 Å². The van der Waals surface area contributed by atoms with Crippen LogP contribution in [0.15, 0.2) is 0 Å². The van der Waals surface area contributed by atoms with E-state index in [0.29, 0.717) is 5.92 Å². The molecular weight excluding hydrogens is 226 g/mol. The Labute approximate surface area is 111 Å². The first-order valence-corrected chi connectivity index (χ1v) is 7.24. The molecule has 4 nitrogen and oxygen atoms in total. The molecule has 3 unspecified atom stereocenters. The maximum Gasteiger partial charge on any atom is 0.0513 e. The predicted octanol–water partition coefficient (Wildman–Crippen LogP) is 0.624. The molecule has 0 saturated carbocycles. The maximum atomic E-state index is 6.08. The zero-order valence-corrected chi connectivity index (χ0v) is 12.2. The third-order valence-corrected chi connectivity index (χ3v) is 5.12. The first-order valence-electron chi connectivity index (χ1n) is 7.24. The fraction of sp³-hybridized carbons (Fsp3) is 1.00. The van der Waals surface area contributed by atoms with E-state index in [-0.39, 0.29) is 5.54 Å². The van der Waals surface area contributed by atoms with Gasteiger partial charge in [-0.05, 0) is 46.3 Å². The molecule has 0 amide bonds. The number of nitrogens with zero attached hydrogens (tertiary/aromatic N) is 2.